The van der Waals surface area contributed by atoms with Gasteiger partial charge < -0.3 is 14.2 Å². The predicted octanol–water partition coefficient (Wildman–Crippen LogP) is 4.47. The summed E-state index contributed by atoms with van der Waals surface area (Å²) in [5.41, 5.74) is 0.383. The second-order valence-electron chi connectivity index (χ2n) is 8.38. The average molecular weight is 529 g/mol. The molecule has 0 aromatic heterocycles. The first kappa shape index (κ1) is 22.2. The highest BCUT2D eigenvalue weighted by Gasteiger charge is 2.63. The van der Waals surface area contributed by atoms with E-state index in [1.807, 2.05) is 0 Å². The Morgan fingerprint density at radius 1 is 0.879 bits per heavy atom. The van der Waals surface area contributed by atoms with Crippen molar-refractivity contribution in [2.45, 2.75) is 11.8 Å². The predicted molar refractivity (Wildman–Crippen MR) is 109 cm³/mol. The Morgan fingerprint density at radius 3 is 2.12 bits per heavy atom. The van der Waals surface area contributed by atoms with Crippen molar-refractivity contribution in [3.05, 3.63) is 58.7 Å². The number of halogens is 5. The first-order valence-electron chi connectivity index (χ1n) is 10.2. The summed E-state index contributed by atoms with van der Waals surface area (Å²) in [6.45, 7) is 0.285. The van der Waals surface area contributed by atoms with Crippen LogP contribution < -0.4 is 9.47 Å². The smallest absolute Gasteiger partial charge is 0.315 e. The van der Waals surface area contributed by atoms with Gasteiger partial charge in [-0.25, -0.2) is 17.6 Å². The van der Waals surface area contributed by atoms with Gasteiger partial charge in [0.1, 0.15) is 11.6 Å². The average Bonchev–Trinajstić information content (AvgIpc) is 3.67. The van der Waals surface area contributed by atoms with Crippen LogP contribution in [0.15, 0.2) is 24.3 Å². The molecule has 0 N–H and O–H groups in total. The molecule has 6 rings (SSSR count). The van der Waals surface area contributed by atoms with E-state index in [9.17, 15) is 27.2 Å². The third-order valence-corrected chi connectivity index (χ3v) is 7.49. The van der Waals surface area contributed by atoms with Crippen LogP contribution in [-0.4, -0.2) is 31.0 Å². The molecule has 2 heterocycles. The number of alkyl halides is 1. The van der Waals surface area contributed by atoms with Gasteiger partial charge in [-0.15, -0.1) is 0 Å². The van der Waals surface area contributed by atoms with Crippen LogP contribution in [0.2, 0.25) is 0 Å². The van der Waals surface area contributed by atoms with Gasteiger partial charge in [-0.3, -0.25) is 9.59 Å². The maximum absolute atomic E-state index is 13.7. The number of carbonyl (C=O) groups is 2. The lowest BCUT2D eigenvalue weighted by Crippen LogP contribution is -2.18. The summed E-state index contributed by atoms with van der Waals surface area (Å²) in [7, 11) is 1.29. The Balaban J connectivity index is 0.000000139. The lowest BCUT2D eigenvalue weighted by Gasteiger charge is -2.15. The Hall–Kier alpha value is -2.62. The first-order valence-corrected chi connectivity index (χ1v) is 11.4. The Labute approximate surface area is 194 Å². The number of cyclic esters (lactones) is 1. The van der Waals surface area contributed by atoms with Gasteiger partial charge in [0.2, 0.25) is 0 Å². The molecule has 1 saturated heterocycles. The van der Waals surface area contributed by atoms with E-state index in [1.165, 1.54) is 7.11 Å². The zero-order valence-corrected chi connectivity index (χ0v) is 18.7. The molecule has 5 nitrogen and oxygen atoms in total. The molecule has 2 aromatic rings. The number of benzene rings is 2. The van der Waals surface area contributed by atoms with Gasteiger partial charge in [0, 0.05) is 34.2 Å². The molecule has 2 aliphatic carbocycles. The van der Waals surface area contributed by atoms with Crippen LogP contribution in [0.3, 0.4) is 0 Å². The highest BCUT2D eigenvalue weighted by atomic mass is 79.9. The Bertz CT molecular complexity index is 1170. The maximum atomic E-state index is 13.7. The highest BCUT2D eigenvalue weighted by molar-refractivity contribution is 9.09. The van der Waals surface area contributed by atoms with E-state index in [2.05, 4.69) is 15.9 Å². The van der Waals surface area contributed by atoms with E-state index in [1.54, 1.807) is 0 Å². The van der Waals surface area contributed by atoms with Crippen LogP contribution in [0.1, 0.15) is 23.0 Å². The molecule has 2 unspecified atom stereocenters. The van der Waals surface area contributed by atoms with Gasteiger partial charge >= 0.3 is 11.9 Å². The van der Waals surface area contributed by atoms with Crippen molar-refractivity contribution in [2.24, 2.45) is 23.7 Å². The molecule has 174 valence electrons. The SMILES string of the molecule is COc1c(F)ccc(F)c1[C@H]1[C@H]2COC(=O)[C@H]21.O=C1Oc2c(F)ccc(F)c2C2C1[C@H]2CBr. The van der Waals surface area contributed by atoms with Gasteiger partial charge in [-0.2, -0.15) is 0 Å². The Morgan fingerprint density at radius 2 is 1.52 bits per heavy atom. The number of ether oxygens (including phenoxy) is 3. The van der Waals surface area contributed by atoms with E-state index in [0.717, 1.165) is 24.3 Å². The van der Waals surface area contributed by atoms with E-state index in [-0.39, 0.29) is 70.7 Å². The van der Waals surface area contributed by atoms with Crippen LogP contribution in [0.25, 0.3) is 0 Å². The third-order valence-electron chi connectivity index (χ3n) is 6.74. The lowest BCUT2D eigenvalue weighted by molar-refractivity contribution is -0.141. The number of methoxy groups -OCH3 is 1. The molecular formula is C23H17BrF4O5. The molecule has 0 spiro atoms. The van der Waals surface area contributed by atoms with Crippen LogP contribution in [-0.2, 0) is 14.3 Å². The standard InChI is InChI=1S/C12H10F2O3.C11H7BrF2O2/c1-16-11-7(14)3-2-6(13)10(11)8-5-4-17-12(15)9(5)8;12-3-4-7-8(4)11(15)16-10-6(14)2-1-5(13)9(7)10/h2-3,5,8-9H,4H2,1H3;1-2,4,7-8H,3H2/t5-,8+,9-;4-,7?,8?/m10/s1. The molecule has 4 aliphatic rings. The molecule has 2 aliphatic heterocycles. The monoisotopic (exact) mass is 528 g/mol. The molecule has 2 aromatic carbocycles. The molecule has 2 saturated carbocycles. The van der Waals surface area contributed by atoms with E-state index in [4.69, 9.17) is 14.2 Å². The van der Waals surface area contributed by atoms with Crippen molar-refractivity contribution in [2.75, 3.05) is 19.0 Å². The largest absolute Gasteiger partial charge is 0.493 e. The number of rotatable bonds is 3. The molecular weight excluding hydrogens is 512 g/mol. The van der Waals surface area contributed by atoms with Crippen molar-refractivity contribution in [3.63, 3.8) is 0 Å². The van der Waals surface area contributed by atoms with Gasteiger partial charge in [0.15, 0.2) is 23.1 Å². The molecule has 10 heteroatoms. The lowest BCUT2D eigenvalue weighted by atomic mass is 10.0. The van der Waals surface area contributed by atoms with Gasteiger partial charge in [-0.1, -0.05) is 15.9 Å². The fourth-order valence-corrected chi connectivity index (χ4v) is 5.86. The van der Waals surface area contributed by atoms with Crippen LogP contribution in [0, 0.1) is 46.9 Å². The third kappa shape index (κ3) is 3.41. The number of esters is 2. The highest BCUT2D eigenvalue weighted by Crippen LogP contribution is 2.61. The van der Waals surface area contributed by atoms with Crippen LogP contribution >= 0.6 is 15.9 Å². The minimum absolute atomic E-state index is 0.0186. The zero-order chi connectivity index (χ0) is 23.6. The van der Waals surface area contributed by atoms with Gasteiger partial charge in [0.25, 0.3) is 0 Å². The number of carbonyl (C=O) groups excluding carboxylic acids is 2. The summed E-state index contributed by atoms with van der Waals surface area (Å²) < 4.78 is 68.8. The zero-order valence-electron chi connectivity index (χ0n) is 17.1. The van der Waals surface area contributed by atoms with Crippen molar-refractivity contribution in [1.29, 1.82) is 0 Å². The van der Waals surface area contributed by atoms with E-state index >= 15 is 0 Å². The minimum Gasteiger partial charge on any atom is -0.493 e. The fraction of sp³-hybridized carbons (Fsp3) is 0.391. The van der Waals surface area contributed by atoms with Gasteiger partial charge in [-0.05, 0) is 30.2 Å². The van der Waals surface area contributed by atoms with Gasteiger partial charge in [0.05, 0.1) is 25.6 Å². The molecule has 0 amide bonds. The summed E-state index contributed by atoms with van der Waals surface area (Å²) in [4.78, 5) is 22.8. The molecule has 3 fully saturated rings. The molecule has 0 bridgehead atoms. The summed E-state index contributed by atoms with van der Waals surface area (Å²) in [5, 5.41) is 0.590. The Kier molecular flexibility index (Phi) is 5.38. The first-order chi connectivity index (χ1) is 15.8. The van der Waals surface area contributed by atoms with Crippen LogP contribution in [0.5, 0.6) is 11.5 Å². The number of hydrogen-bond donors (Lipinski definition) is 0. The summed E-state index contributed by atoms with van der Waals surface area (Å²) in [6, 6.07) is 4.14. The summed E-state index contributed by atoms with van der Waals surface area (Å²) in [6.07, 6.45) is 0. The second kappa shape index (κ2) is 8.00. The van der Waals surface area contributed by atoms with Crippen molar-refractivity contribution < 1.29 is 41.4 Å². The number of fused-ring (bicyclic) bond motifs is 4. The normalized spacial score (nSPS) is 30.1. The van der Waals surface area contributed by atoms with Crippen LogP contribution in [0.4, 0.5) is 17.6 Å². The minimum atomic E-state index is -0.677. The van der Waals surface area contributed by atoms with Crippen molar-refractivity contribution in [3.8, 4) is 11.5 Å². The quantitative estimate of drug-likeness (QED) is 0.254. The topological polar surface area (TPSA) is 61.8 Å². The van der Waals surface area contributed by atoms with E-state index in [0.29, 0.717) is 5.33 Å². The number of hydrogen-bond acceptors (Lipinski definition) is 5. The summed E-state index contributed by atoms with van der Waals surface area (Å²) in [5.74, 6) is -4.62. The van der Waals surface area contributed by atoms with Crippen molar-refractivity contribution >= 4 is 27.9 Å². The summed E-state index contributed by atoms with van der Waals surface area (Å²) >= 11 is 3.26. The molecule has 0 radical (unpaired) electrons. The maximum Gasteiger partial charge on any atom is 0.315 e. The van der Waals surface area contributed by atoms with Crippen molar-refractivity contribution in [1.82, 2.24) is 0 Å². The molecule has 6 atom stereocenters. The second-order valence-corrected chi connectivity index (χ2v) is 9.03. The molecule has 33 heavy (non-hydrogen) atoms. The fourth-order valence-electron chi connectivity index (χ4n) is 5.05. The van der Waals surface area contributed by atoms with E-state index < -0.39 is 29.2 Å².